The molecule has 6 aromatic rings. The Kier molecular flexibility index (Phi) is 11.9. The van der Waals surface area contributed by atoms with E-state index in [1.54, 1.807) is 0 Å². The second-order valence-corrected chi connectivity index (χ2v) is 12.4. The molecule has 0 saturated carbocycles. The summed E-state index contributed by atoms with van der Waals surface area (Å²) in [5.74, 6) is 13.5. The average Bonchev–Trinajstić information content (AvgIpc) is 3.20. The molecule has 54 heavy (non-hydrogen) atoms. The van der Waals surface area contributed by atoms with Crippen LogP contribution in [0, 0.1) is 37.5 Å². The Labute approximate surface area is 315 Å². The van der Waals surface area contributed by atoms with Crippen LogP contribution in [0.5, 0.6) is 11.5 Å². The predicted octanol–water partition coefficient (Wildman–Crippen LogP) is 9.29. The van der Waals surface area contributed by atoms with Crippen LogP contribution in [0.3, 0.4) is 0 Å². The summed E-state index contributed by atoms with van der Waals surface area (Å²) >= 11 is 0. The van der Waals surface area contributed by atoms with Crippen LogP contribution in [0.4, 0.5) is 0 Å². The summed E-state index contributed by atoms with van der Waals surface area (Å²) in [6.45, 7) is 11.9. The van der Waals surface area contributed by atoms with Crippen molar-refractivity contribution in [2.45, 2.75) is 13.8 Å². The number of rotatable bonds is 11. The molecule has 0 spiro atoms. The summed E-state index contributed by atoms with van der Waals surface area (Å²) in [6, 6.07) is 36.6. The number of ether oxygens (including phenoxy) is 4. The van der Waals surface area contributed by atoms with Crippen LogP contribution in [0.1, 0.15) is 33.4 Å². The van der Waals surface area contributed by atoms with Gasteiger partial charge < -0.3 is 18.9 Å². The molecule has 0 saturated heterocycles. The highest BCUT2D eigenvalue weighted by atomic mass is 16.6. The van der Waals surface area contributed by atoms with Gasteiger partial charge in [0, 0.05) is 34.4 Å². The summed E-state index contributed by atoms with van der Waals surface area (Å²) in [4.78, 5) is 22.3. The third-order valence-electron chi connectivity index (χ3n) is 8.70. The molecule has 0 unspecified atom stereocenters. The summed E-state index contributed by atoms with van der Waals surface area (Å²) in [5, 5.41) is 4.62. The number of esters is 2. The Morgan fingerprint density at radius 2 is 1.00 bits per heavy atom. The number of aryl methyl sites for hydroxylation is 2. The maximum atomic E-state index is 11.1. The topological polar surface area (TPSA) is 71.1 Å². The zero-order valence-electron chi connectivity index (χ0n) is 30.2. The molecule has 0 radical (unpaired) electrons. The molecule has 6 heteroatoms. The molecule has 266 valence electrons. The van der Waals surface area contributed by atoms with Crippen LogP contribution in [0.15, 0.2) is 135 Å². The van der Waals surface area contributed by atoms with E-state index in [2.05, 4.69) is 111 Å². The van der Waals surface area contributed by atoms with Gasteiger partial charge in [0.05, 0.1) is 0 Å². The highest BCUT2D eigenvalue weighted by molar-refractivity contribution is 5.96. The zero-order chi connectivity index (χ0) is 37.9. The van der Waals surface area contributed by atoms with Crippen molar-refractivity contribution in [3.8, 4) is 46.3 Å². The first kappa shape index (κ1) is 36.8. The smallest absolute Gasteiger partial charge is 0.330 e. The van der Waals surface area contributed by atoms with Gasteiger partial charge in [-0.2, -0.15) is 0 Å². The third-order valence-corrected chi connectivity index (χ3v) is 8.70. The molecule has 0 heterocycles. The van der Waals surface area contributed by atoms with E-state index in [0.29, 0.717) is 11.5 Å². The van der Waals surface area contributed by atoms with Crippen LogP contribution >= 0.6 is 0 Å². The fourth-order valence-corrected chi connectivity index (χ4v) is 5.91. The highest BCUT2D eigenvalue weighted by Gasteiger charge is 2.11. The van der Waals surface area contributed by atoms with Crippen LogP contribution < -0.4 is 9.47 Å². The zero-order valence-corrected chi connectivity index (χ0v) is 30.2. The highest BCUT2D eigenvalue weighted by Crippen LogP contribution is 2.34. The Bertz CT molecular complexity index is 2390. The van der Waals surface area contributed by atoms with E-state index in [-0.39, 0.29) is 26.4 Å². The minimum absolute atomic E-state index is 0.159. The molecule has 0 bridgehead atoms. The van der Waals surface area contributed by atoms with Gasteiger partial charge in [-0.3, -0.25) is 0 Å². The number of hydrogen-bond acceptors (Lipinski definition) is 6. The van der Waals surface area contributed by atoms with Crippen molar-refractivity contribution in [2.24, 2.45) is 0 Å². The van der Waals surface area contributed by atoms with E-state index >= 15 is 0 Å². The number of benzene rings is 6. The molecular formula is C48H38O6. The Morgan fingerprint density at radius 3 is 1.56 bits per heavy atom. The summed E-state index contributed by atoms with van der Waals surface area (Å²) in [6.07, 6.45) is 2.25. The van der Waals surface area contributed by atoms with E-state index in [1.165, 1.54) is 27.6 Å². The minimum Gasteiger partial charge on any atom is -0.490 e. The van der Waals surface area contributed by atoms with Gasteiger partial charge in [0.1, 0.15) is 37.9 Å². The van der Waals surface area contributed by atoms with E-state index in [4.69, 9.17) is 18.9 Å². The molecular weight excluding hydrogens is 673 g/mol. The molecule has 0 N–H and O–H groups in total. The number of fused-ring (bicyclic) bond motifs is 2. The van der Waals surface area contributed by atoms with E-state index in [9.17, 15) is 9.59 Å². The molecule has 0 amide bonds. The summed E-state index contributed by atoms with van der Waals surface area (Å²) < 4.78 is 21.1. The first-order valence-corrected chi connectivity index (χ1v) is 17.5. The standard InChI is InChI=1S/C48H38O6/c1-5-47(49)53-27-25-51-42-19-12-35(13-20-42)7-9-37-11-17-39-32-46(33(3)29-41(39)31-37)45-24-18-40-30-38(16-23-44(40)34(45)4)10-8-36-14-21-43(22-15-36)52-26-28-54-48(50)6-2/h5-6,11-24,29-32H,1-2,25-28H2,3-4H3. The van der Waals surface area contributed by atoms with E-state index in [0.717, 1.165) is 50.6 Å². The van der Waals surface area contributed by atoms with Crippen molar-refractivity contribution in [2.75, 3.05) is 26.4 Å². The van der Waals surface area contributed by atoms with Crippen molar-refractivity contribution in [3.05, 3.63) is 168 Å². The second kappa shape index (κ2) is 17.5. The summed E-state index contributed by atoms with van der Waals surface area (Å²) in [7, 11) is 0. The monoisotopic (exact) mass is 710 g/mol. The van der Waals surface area contributed by atoms with Crippen molar-refractivity contribution >= 4 is 33.5 Å². The van der Waals surface area contributed by atoms with Crippen molar-refractivity contribution in [1.29, 1.82) is 0 Å². The van der Waals surface area contributed by atoms with Gasteiger partial charge in [-0.05, 0) is 137 Å². The normalized spacial score (nSPS) is 10.3. The molecule has 0 atom stereocenters. The minimum atomic E-state index is -0.468. The van der Waals surface area contributed by atoms with Crippen molar-refractivity contribution in [1.82, 2.24) is 0 Å². The van der Waals surface area contributed by atoms with Gasteiger partial charge in [0.15, 0.2) is 0 Å². The second-order valence-electron chi connectivity index (χ2n) is 12.4. The fraction of sp³-hybridized carbons (Fsp3) is 0.125. The Balaban J connectivity index is 1.11. The number of hydrogen-bond donors (Lipinski definition) is 0. The molecule has 6 aromatic carbocycles. The molecule has 6 rings (SSSR count). The lowest BCUT2D eigenvalue weighted by molar-refractivity contribution is -0.139. The van der Waals surface area contributed by atoms with Gasteiger partial charge in [-0.1, -0.05) is 67.2 Å². The maximum Gasteiger partial charge on any atom is 0.330 e. The number of carbonyl (C=O) groups excluding carboxylic acids is 2. The van der Waals surface area contributed by atoms with E-state index < -0.39 is 11.9 Å². The van der Waals surface area contributed by atoms with Gasteiger partial charge in [-0.25, -0.2) is 9.59 Å². The maximum absolute atomic E-state index is 11.1. The Hall–Kier alpha value is -7.02. The predicted molar refractivity (Wildman–Crippen MR) is 215 cm³/mol. The van der Waals surface area contributed by atoms with Gasteiger partial charge in [0.25, 0.3) is 0 Å². The van der Waals surface area contributed by atoms with Crippen LogP contribution in [0.2, 0.25) is 0 Å². The van der Waals surface area contributed by atoms with Crippen molar-refractivity contribution < 1.29 is 28.5 Å². The number of carbonyl (C=O) groups is 2. The molecule has 0 aliphatic rings. The van der Waals surface area contributed by atoms with Gasteiger partial charge in [-0.15, -0.1) is 0 Å². The molecule has 0 fully saturated rings. The van der Waals surface area contributed by atoms with Crippen LogP contribution in [-0.2, 0) is 19.1 Å². The molecule has 0 aliphatic carbocycles. The van der Waals surface area contributed by atoms with Crippen molar-refractivity contribution in [3.63, 3.8) is 0 Å². The molecule has 6 nitrogen and oxygen atoms in total. The van der Waals surface area contributed by atoms with Gasteiger partial charge >= 0.3 is 11.9 Å². The first-order chi connectivity index (χ1) is 26.3. The summed E-state index contributed by atoms with van der Waals surface area (Å²) in [5.41, 5.74) is 8.45. The van der Waals surface area contributed by atoms with Gasteiger partial charge in [0.2, 0.25) is 0 Å². The first-order valence-electron chi connectivity index (χ1n) is 17.5. The van der Waals surface area contributed by atoms with E-state index in [1.807, 2.05) is 48.5 Å². The SMILES string of the molecule is C=CC(=O)OCCOc1ccc(C#Cc2ccc3cc(-c4ccc5cc(C#Cc6ccc(OCCOC(=O)C=C)cc6)ccc5c4C)c(C)cc3c2)cc1. The Morgan fingerprint density at radius 1 is 0.519 bits per heavy atom. The fourth-order valence-electron chi connectivity index (χ4n) is 5.91. The van der Waals surface area contributed by atoms with Crippen LogP contribution in [0.25, 0.3) is 32.7 Å². The lowest BCUT2D eigenvalue weighted by atomic mass is 9.90. The third kappa shape index (κ3) is 9.44. The van der Waals surface area contributed by atoms with Crippen LogP contribution in [-0.4, -0.2) is 38.4 Å². The largest absolute Gasteiger partial charge is 0.490 e. The lowest BCUT2D eigenvalue weighted by Gasteiger charge is -2.14. The molecule has 0 aromatic heterocycles. The quantitative estimate of drug-likeness (QED) is 0.0578. The average molecular weight is 711 g/mol. The lowest BCUT2D eigenvalue weighted by Crippen LogP contribution is -2.10. The molecule has 0 aliphatic heterocycles.